The van der Waals surface area contributed by atoms with Crippen molar-refractivity contribution in [3.8, 4) is 0 Å². The molecule has 1 aliphatic carbocycles. The first kappa shape index (κ1) is 19.1. The summed E-state index contributed by atoms with van der Waals surface area (Å²) in [5.41, 5.74) is 3.10. The van der Waals surface area contributed by atoms with Gasteiger partial charge in [-0.1, -0.05) is 42.0 Å². The predicted molar refractivity (Wildman–Crippen MR) is 109 cm³/mol. The number of anilines is 1. The second kappa shape index (κ2) is 9.86. The van der Waals surface area contributed by atoms with Crippen LogP contribution in [0.3, 0.4) is 0 Å². The van der Waals surface area contributed by atoms with Crippen LogP contribution in [0, 0.1) is 0 Å². The first-order valence-electron chi connectivity index (χ1n) is 9.83. The van der Waals surface area contributed by atoms with Crippen molar-refractivity contribution in [2.24, 2.45) is 0 Å². The van der Waals surface area contributed by atoms with Crippen molar-refractivity contribution in [2.75, 3.05) is 18.0 Å². The van der Waals surface area contributed by atoms with Gasteiger partial charge < -0.3 is 10.2 Å². The van der Waals surface area contributed by atoms with Gasteiger partial charge in [-0.25, -0.2) is 9.97 Å². The highest BCUT2D eigenvalue weighted by atomic mass is 16.1. The summed E-state index contributed by atoms with van der Waals surface area (Å²) in [5.74, 6) is 0.641. The molecule has 0 fully saturated rings. The second-order valence-electron chi connectivity index (χ2n) is 6.88. The Balaban J connectivity index is 1.59. The molecular formula is C22H28N4O. The second-order valence-corrected chi connectivity index (χ2v) is 6.88. The van der Waals surface area contributed by atoms with Gasteiger partial charge in [0.2, 0.25) is 0 Å². The standard InChI is InChI=1S/C22H28N4O/c1-2-26(16-19-11-7-4-8-12-19)21-15-20(24-17-25-21)22(27)23-14-13-18-9-5-3-6-10-18/h4,7-9,11-12,15,17H,2-3,5-6,10,13-14,16H2,1H3,(H,23,27). The van der Waals surface area contributed by atoms with E-state index in [9.17, 15) is 4.79 Å². The largest absolute Gasteiger partial charge is 0.352 e. The summed E-state index contributed by atoms with van der Waals surface area (Å²) < 4.78 is 0. The summed E-state index contributed by atoms with van der Waals surface area (Å²) in [5, 5.41) is 2.99. The van der Waals surface area contributed by atoms with Crippen LogP contribution in [-0.4, -0.2) is 29.0 Å². The van der Waals surface area contributed by atoms with Crippen molar-refractivity contribution in [3.63, 3.8) is 0 Å². The maximum absolute atomic E-state index is 12.5. The molecule has 0 unspecified atom stereocenters. The summed E-state index contributed by atoms with van der Waals surface area (Å²) in [6, 6.07) is 12.0. The molecule has 0 saturated carbocycles. The fourth-order valence-electron chi connectivity index (χ4n) is 3.36. The monoisotopic (exact) mass is 364 g/mol. The minimum atomic E-state index is -0.133. The van der Waals surface area contributed by atoms with Gasteiger partial charge in [0, 0.05) is 25.7 Å². The van der Waals surface area contributed by atoms with Gasteiger partial charge in [-0.2, -0.15) is 0 Å². The van der Waals surface area contributed by atoms with Crippen molar-refractivity contribution in [1.29, 1.82) is 0 Å². The van der Waals surface area contributed by atoms with E-state index in [2.05, 4.69) is 45.3 Å². The third-order valence-corrected chi connectivity index (χ3v) is 4.92. The maximum atomic E-state index is 12.5. The summed E-state index contributed by atoms with van der Waals surface area (Å²) in [6.07, 6.45) is 9.62. The summed E-state index contributed by atoms with van der Waals surface area (Å²) in [7, 11) is 0. The topological polar surface area (TPSA) is 58.1 Å². The van der Waals surface area contributed by atoms with Crippen LogP contribution in [0.5, 0.6) is 0 Å². The lowest BCUT2D eigenvalue weighted by molar-refractivity contribution is 0.0949. The number of aromatic nitrogens is 2. The fourth-order valence-corrected chi connectivity index (χ4v) is 3.36. The van der Waals surface area contributed by atoms with Crippen LogP contribution in [0.2, 0.25) is 0 Å². The van der Waals surface area contributed by atoms with Gasteiger partial charge in [-0.3, -0.25) is 4.79 Å². The molecule has 1 heterocycles. The molecule has 5 nitrogen and oxygen atoms in total. The summed E-state index contributed by atoms with van der Waals surface area (Å²) in [4.78, 5) is 23.1. The van der Waals surface area contributed by atoms with E-state index < -0.39 is 0 Å². The molecule has 1 amide bonds. The van der Waals surface area contributed by atoms with Crippen LogP contribution in [0.15, 0.2) is 54.4 Å². The number of carbonyl (C=O) groups is 1. The number of nitrogens with zero attached hydrogens (tertiary/aromatic N) is 3. The fraction of sp³-hybridized carbons (Fsp3) is 0.409. The van der Waals surface area contributed by atoms with E-state index in [1.165, 1.54) is 43.1 Å². The van der Waals surface area contributed by atoms with Crippen LogP contribution < -0.4 is 10.2 Å². The molecule has 0 atom stereocenters. The molecule has 1 aromatic heterocycles. The first-order chi connectivity index (χ1) is 13.3. The Hall–Kier alpha value is -2.69. The van der Waals surface area contributed by atoms with Crippen LogP contribution in [0.1, 0.15) is 55.1 Å². The Morgan fingerprint density at radius 3 is 2.78 bits per heavy atom. The Morgan fingerprint density at radius 2 is 2.04 bits per heavy atom. The summed E-state index contributed by atoms with van der Waals surface area (Å²) in [6.45, 7) is 4.30. The molecule has 142 valence electrons. The van der Waals surface area contributed by atoms with Gasteiger partial charge in [0.05, 0.1) is 0 Å². The van der Waals surface area contributed by atoms with Gasteiger partial charge in [-0.05, 0) is 44.6 Å². The number of rotatable bonds is 8. The molecule has 1 aliphatic rings. The quantitative estimate of drug-likeness (QED) is 0.716. The van der Waals surface area contributed by atoms with Gasteiger partial charge in [0.1, 0.15) is 17.8 Å². The molecule has 0 bridgehead atoms. The van der Waals surface area contributed by atoms with Crippen LogP contribution >= 0.6 is 0 Å². The molecule has 0 saturated heterocycles. The third-order valence-electron chi connectivity index (χ3n) is 4.92. The minimum absolute atomic E-state index is 0.133. The molecule has 0 spiro atoms. The number of amides is 1. The third kappa shape index (κ3) is 5.64. The average molecular weight is 364 g/mol. The molecule has 0 radical (unpaired) electrons. The zero-order valence-electron chi connectivity index (χ0n) is 16.0. The average Bonchev–Trinajstić information content (AvgIpc) is 2.73. The smallest absolute Gasteiger partial charge is 0.270 e. The zero-order chi connectivity index (χ0) is 18.9. The van der Waals surface area contributed by atoms with E-state index in [1.54, 1.807) is 6.07 Å². The van der Waals surface area contributed by atoms with Crippen LogP contribution in [0.4, 0.5) is 5.82 Å². The van der Waals surface area contributed by atoms with Crippen molar-refractivity contribution in [2.45, 2.75) is 45.6 Å². The molecule has 2 aromatic rings. The lowest BCUT2D eigenvalue weighted by Crippen LogP contribution is -2.27. The Morgan fingerprint density at radius 1 is 1.19 bits per heavy atom. The minimum Gasteiger partial charge on any atom is -0.352 e. The first-order valence-corrected chi connectivity index (χ1v) is 9.83. The maximum Gasteiger partial charge on any atom is 0.270 e. The lowest BCUT2D eigenvalue weighted by atomic mass is 9.97. The predicted octanol–water partition coefficient (Wildman–Crippen LogP) is 4.12. The lowest BCUT2D eigenvalue weighted by Gasteiger charge is -2.22. The summed E-state index contributed by atoms with van der Waals surface area (Å²) >= 11 is 0. The van der Waals surface area contributed by atoms with Crippen LogP contribution in [0.25, 0.3) is 0 Å². The number of hydrogen-bond acceptors (Lipinski definition) is 4. The molecule has 3 rings (SSSR count). The Kier molecular flexibility index (Phi) is 6.97. The molecule has 1 aromatic carbocycles. The van der Waals surface area contributed by atoms with Gasteiger partial charge in [0.25, 0.3) is 5.91 Å². The normalized spacial score (nSPS) is 13.7. The van der Waals surface area contributed by atoms with Gasteiger partial charge in [0.15, 0.2) is 0 Å². The number of nitrogens with one attached hydrogen (secondary N) is 1. The Labute approximate surface area is 161 Å². The number of hydrogen-bond donors (Lipinski definition) is 1. The van der Waals surface area contributed by atoms with E-state index in [4.69, 9.17) is 0 Å². The Bertz CT molecular complexity index is 773. The zero-order valence-corrected chi connectivity index (χ0v) is 16.0. The molecule has 5 heteroatoms. The van der Waals surface area contributed by atoms with Crippen molar-refractivity contribution < 1.29 is 4.79 Å². The van der Waals surface area contributed by atoms with E-state index in [-0.39, 0.29) is 5.91 Å². The van der Waals surface area contributed by atoms with Crippen molar-refractivity contribution >= 4 is 11.7 Å². The number of benzene rings is 1. The molecular weight excluding hydrogens is 336 g/mol. The van der Waals surface area contributed by atoms with Crippen molar-refractivity contribution in [3.05, 3.63) is 65.6 Å². The molecule has 1 N–H and O–H groups in total. The van der Waals surface area contributed by atoms with Crippen molar-refractivity contribution in [1.82, 2.24) is 15.3 Å². The van der Waals surface area contributed by atoms with E-state index in [0.29, 0.717) is 12.2 Å². The van der Waals surface area contributed by atoms with Gasteiger partial charge in [-0.15, -0.1) is 0 Å². The number of carbonyl (C=O) groups excluding carboxylic acids is 1. The highest BCUT2D eigenvalue weighted by Gasteiger charge is 2.13. The van der Waals surface area contributed by atoms with Crippen LogP contribution in [-0.2, 0) is 6.54 Å². The van der Waals surface area contributed by atoms with E-state index >= 15 is 0 Å². The molecule has 0 aliphatic heterocycles. The van der Waals surface area contributed by atoms with Gasteiger partial charge >= 0.3 is 0 Å². The highest BCUT2D eigenvalue weighted by Crippen LogP contribution is 2.19. The van der Waals surface area contributed by atoms with E-state index in [1.807, 2.05) is 18.2 Å². The highest BCUT2D eigenvalue weighted by molar-refractivity contribution is 5.92. The van der Waals surface area contributed by atoms with E-state index in [0.717, 1.165) is 25.3 Å². The SMILES string of the molecule is CCN(Cc1ccccc1)c1cc(C(=O)NCCC2=CCCCC2)ncn1. The number of allylic oxidation sites excluding steroid dienone is 1. The molecule has 27 heavy (non-hydrogen) atoms.